The molecule has 1 aromatic heterocycles. The van der Waals surface area contributed by atoms with Crippen LogP contribution in [0.25, 0.3) is 10.9 Å². The zero-order valence-electron chi connectivity index (χ0n) is 10.0. The van der Waals surface area contributed by atoms with E-state index in [0.717, 1.165) is 18.4 Å². The number of fused-ring (bicyclic) bond motifs is 1. The molecule has 84 valence electrons. The standard InChI is InChI=1S/C14H17NO/c1-10(2)7-15-8-11(3)13-6-12(9-16)4-5-14(13)15/h4-6,8-10H,7H2,1-3H3. The Balaban J connectivity index is 2.57. The Kier molecular flexibility index (Phi) is 2.82. The molecule has 0 aliphatic rings. The predicted octanol–water partition coefficient (Wildman–Crippen LogP) is 3.42. The molecule has 1 heterocycles. The molecule has 0 fully saturated rings. The van der Waals surface area contributed by atoms with Crippen molar-refractivity contribution in [3.8, 4) is 0 Å². The van der Waals surface area contributed by atoms with E-state index in [4.69, 9.17) is 0 Å². The summed E-state index contributed by atoms with van der Waals surface area (Å²) in [7, 11) is 0. The summed E-state index contributed by atoms with van der Waals surface area (Å²) in [6.45, 7) is 7.53. The Bertz CT molecular complexity index is 523. The molecule has 2 heteroatoms. The summed E-state index contributed by atoms with van der Waals surface area (Å²) in [6, 6.07) is 5.88. The van der Waals surface area contributed by atoms with Crippen molar-refractivity contribution >= 4 is 17.2 Å². The van der Waals surface area contributed by atoms with E-state index in [9.17, 15) is 4.79 Å². The molecule has 0 aliphatic carbocycles. The molecule has 0 amide bonds. The third kappa shape index (κ3) is 1.87. The van der Waals surface area contributed by atoms with Gasteiger partial charge in [-0.2, -0.15) is 0 Å². The summed E-state index contributed by atoms with van der Waals surface area (Å²) >= 11 is 0. The van der Waals surface area contributed by atoms with Gasteiger partial charge in [-0.05, 0) is 36.6 Å². The lowest BCUT2D eigenvalue weighted by atomic mass is 10.1. The van der Waals surface area contributed by atoms with Crippen LogP contribution in [0.5, 0.6) is 0 Å². The minimum atomic E-state index is 0.626. The molecule has 0 bridgehead atoms. The molecular formula is C14H17NO. The van der Waals surface area contributed by atoms with Gasteiger partial charge in [0.05, 0.1) is 0 Å². The molecule has 0 saturated carbocycles. The average molecular weight is 215 g/mol. The number of hydrogen-bond acceptors (Lipinski definition) is 1. The molecule has 1 aromatic carbocycles. The normalized spacial score (nSPS) is 11.2. The van der Waals surface area contributed by atoms with Crippen molar-refractivity contribution in [1.82, 2.24) is 4.57 Å². The molecule has 0 N–H and O–H groups in total. The summed E-state index contributed by atoms with van der Waals surface area (Å²) in [5, 5.41) is 1.19. The number of aryl methyl sites for hydroxylation is 1. The van der Waals surface area contributed by atoms with Crippen LogP contribution in [-0.2, 0) is 6.54 Å². The van der Waals surface area contributed by atoms with Crippen LogP contribution in [0.3, 0.4) is 0 Å². The number of carbonyl (C=O) groups is 1. The average Bonchev–Trinajstić information content (AvgIpc) is 2.54. The monoisotopic (exact) mass is 215 g/mol. The molecule has 2 nitrogen and oxygen atoms in total. The van der Waals surface area contributed by atoms with E-state index in [1.165, 1.54) is 16.5 Å². The second-order valence-corrected chi connectivity index (χ2v) is 4.75. The lowest BCUT2D eigenvalue weighted by Crippen LogP contribution is -2.02. The lowest BCUT2D eigenvalue weighted by molar-refractivity contribution is 0.112. The first-order valence-corrected chi connectivity index (χ1v) is 5.66. The van der Waals surface area contributed by atoms with Crippen LogP contribution in [0.1, 0.15) is 29.8 Å². The molecule has 0 atom stereocenters. The van der Waals surface area contributed by atoms with Gasteiger partial charge in [0, 0.05) is 29.2 Å². The second kappa shape index (κ2) is 4.12. The van der Waals surface area contributed by atoms with Crippen LogP contribution in [-0.4, -0.2) is 10.9 Å². The molecule has 2 aromatic rings. The first kappa shape index (κ1) is 10.9. The number of nitrogens with zero attached hydrogens (tertiary/aromatic N) is 1. The third-order valence-corrected chi connectivity index (χ3v) is 2.80. The number of aldehydes is 1. The van der Waals surface area contributed by atoms with E-state index in [-0.39, 0.29) is 0 Å². The molecule has 2 rings (SSSR count). The molecule has 0 spiro atoms. The van der Waals surface area contributed by atoms with E-state index in [1.807, 2.05) is 18.2 Å². The van der Waals surface area contributed by atoms with E-state index < -0.39 is 0 Å². The van der Waals surface area contributed by atoms with E-state index in [2.05, 4.69) is 31.5 Å². The highest BCUT2D eigenvalue weighted by Gasteiger charge is 2.07. The van der Waals surface area contributed by atoms with Gasteiger partial charge < -0.3 is 4.57 Å². The molecule has 0 radical (unpaired) electrons. The quantitative estimate of drug-likeness (QED) is 0.719. The van der Waals surface area contributed by atoms with E-state index in [1.54, 1.807) is 0 Å². The zero-order chi connectivity index (χ0) is 11.7. The third-order valence-electron chi connectivity index (χ3n) is 2.80. The predicted molar refractivity (Wildman–Crippen MR) is 66.9 cm³/mol. The fourth-order valence-corrected chi connectivity index (χ4v) is 2.11. The number of rotatable bonds is 3. The highest BCUT2D eigenvalue weighted by atomic mass is 16.1. The highest BCUT2D eigenvalue weighted by Crippen LogP contribution is 2.22. The van der Waals surface area contributed by atoms with Gasteiger partial charge in [-0.25, -0.2) is 0 Å². The first-order chi connectivity index (χ1) is 7.61. The number of benzene rings is 1. The number of aromatic nitrogens is 1. The van der Waals surface area contributed by atoms with E-state index in [0.29, 0.717) is 5.92 Å². The van der Waals surface area contributed by atoms with Crippen molar-refractivity contribution in [3.05, 3.63) is 35.5 Å². The first-order valence-electron chi connectivity index (χ1n) is 5.66. The minimum Gasteiger partial charge on any atom is -0.347 e. The van der Waals surface area contributed by atoms with Crippen molar-refractivity contribution < 1.29 is 4.79 Å². The Morgan fingerprint density at radius 1 is 1.38 bits per heavy atom. The molecule has 0 saturated heterocycles. The van der Waals surface area contributed by atoms with Gasteiger partial charge in [0.25, 0.3) is 0 Å². The van der Waals surface area contributed by atoms with Crippen molar-refractivity contribution in [2.24, 2.45) is 5.92 Å². The SMILES string of the molecule is Cc1cn(CC(C)C)c2ccc(C=O)cc12. The molecule has 0 unspecified atom stereocenters. The van der Waals surface area contributed by atoms with Gasteiger partial charge in [-0.15, -0.1) is 0 Å². The fourth-order valence-electron chi connectivity index (χ4n) is 2.11. The summed E-state index contributed by atoms with van der Waals surface area (Å²) in [6.07, 6.45) is 3.07. The van der Waals surface area contributed by atoms with Gasteiger partial charge in [0.15, 0.2) is 0 Å². The molecule has 16 heavy (non-hydrogen) atoms. The highest BCUT2D eigenvalue weighted by molar-refractivity contribution is 5.89. The number of hydrogen-bond donors (Lipinski definition) is 0. The van der Waals surface area contributed by atoms with Gasteiger partial charge >= 0.3 is 0 Å². The van der Waals surface area contributed by atoms with Crippen molar-refractivity contribution in [1.29, 1.82) is 0 Å². The van der Waals surface area contributed by atoms with Crippen LogP contribution in [0.15, 0.2) is 24.4 Å². The Labute approximate surface area is 95.9 Å². The maximum absolute atomic E-state index is 10.7. The van der Waals surface area contributed by atoms with Crippen LogP contribution in [0, 0.1) is 12.8 Å². The maximum atomic E-state index is 10.7. The fraction of sp³-hybridized carbons (Fsp3) is 0.357. The summed E-state index contributed by atoms with van der Waals surface area (Å²) < 4.78 is 2.27. The van der Waals surface area contributed by atoms with Crippen LogP contribution >= 0.6 is 0 Å². The van der Waals surface area contributed by atoms with Gasteiger partial charge in [0.2, 0.25) is 0 Å². The van der Waals surface area contributed by atoms with Crippen LogP contribution in [0.2, 0.25) is 0 Å². The summed E-state index contributed by atoms with van der Waals surface area (Å²) in [4.78, 5) is 10.7. The second-order valence-electron chi connectivity index (χ2n) is 4.75. The smallest absolute Gasteiger partial charge is 0.150 e. The molecule has 0 aliphatic heterocycles. The zero-order valence-corrected chi connectivity index (χ0v) is 10.0. The van der Waals surface area contributed by atoms with Gasteiger partial charge in [0.1, 0.15) is 6.29 Å². The van der Waals surface area contributed by atoms with Crippen LogP contribution < -0.4 is 0 Å². The van der Waals surface area contributed by atoms with Crippen molar-refractivity contribution in [2.45, 2.75) is 27.3 Å². The minimum absolute atomic E-state index is 0.626. The Morgan fingerprint density at radius 3 is 2.75 bits per heavy atom. The molecular weight excluding hydrogens is 198 g/mol. The lowest BCUT2D eigenvalue weighted by Gasteiger charge is -2.07. The van der Waals surface area contributed by atoms with Gasteiger partial charge in [-0.1, -0.05) is 13.8 Å². The van der Waals surface area contributed by atoms with Crippen molar-refractivity contribution in [3.63, 3.8) is 0 Å². The largest absolute Gasteiger partial charge is 0.347 e. The van der Waals surface area contributed by atoms with E-state index >= 15 is 0 Å². The van der Waals surface area contributed by atoms with Crippen LogP contribution in [0.4, 0.5) is 0 Å². The summed E-state index contributed by atoms with van der Waals surface area (Å²) in [5.74, 6) is 0.626. The topological polar surface area (TPSA) is 22.0 Å². The van der Waals surface area contributed by atoms with Crippen molar-refractivity contribution in [2.75, 3.05) is 0 Å². The van der Waals surface area contributed by atoms with Gasteiger partial charge in [-0.3, -0.25) is 4.79 Å². The maximum Gasteiger partial charge on any atom is 0.150 e. The Hall–Kier alpha value is -1.57. The Morgan fingerprint density at radius 2 is 2.12 bits per heavy atom. The number of carbonyl (C=O) groups excluding carboxylic acids is 1. The summed E-state index contributed by atoms with van der Waals surface area (Å²) in [5.41, 5.74) is 3.20.